The van der Waals surface area contributed by atoms with Crippen molar-refractivity contribution >= 4 is 22.9 Å². The number of nitrogens with zero attached hydrogens (tertiary/aromatic N) is 3. The lowest BCUT2D eigenvalue weighted by molar-refractivity contribution is -0.132. The minimum Gasteiger partial charge on any atom is -0.490 e. The summed E-state index contributed by atoms with van der Waals surface area (Å²) in [5.74, 6) is 0.816. The van der Waals surface area contributed by atoms with Crippen molar-refractivity contribution < 1.29 is 23.8 Å². The molecule has 1 aliphatic rings. The summed E-state index contributed by atoms with van der Waals surface area (Å²) >= 11 is 0. The van der Waals surface area contributed by atoms with Crippen LogP contribution in [0.5, 0.6) is 11.5 Å². The predicted octanol–water partition coefficient (Wildman–Crippen LogP) is 1.57. The zero-order valence-corrected chi connectivity index (χ0v) is 19.9. The number of amides is 2. The molecule has 0 atom stereocenters. The molecular weight excluding hydrogens is 444 g/mol. The van der Waals surface area contributed by atoms with Gasteiger partial charge < -0.3 is 29.0 Å². The molecule has 0 aliphatic carbocycles. The normalized spacial score (nSPS) is 13.7. The summed E-state index contributed by atoms with van der Waals surface area (Å²) in [6, 6.07) is 3.17. The van der Waals surface area contributed by atoms with Gasteiger partial charge in [-0.1, -0.05) is 0 Å². The van der Waals surface area contributed by atoms with Crippen LogP contribution in [-0.2, 0) is 16.1 Å². The van der Waals surface area contributed by atoms with Crippen LogP contribution in [0.25, 0.3) is 10.9 Å². The summed E-state index contributed by atoms with van der Waals surface area (Å²) in [5.41, 5.74) is -0.619. The van der Waals surface area contributed by atoms with Gasteiger partial charge in [0.2, 0.25) is 5.91 Å². The monoisotopic (exact) mass is 476 g/mol. The number of aromatic nitrogens is 2. The number of hydrogen-bond acceptors (Lipinski definition) is 7. The first-order chi connectivity index (χ1) is 16.4. The van der Waals surface area contributed by atoms with Crippen LogP contribution in [0.2, 0.25) is 0 Å². The minimum atomic E-state index is -0.542. The zero-order valence-electron chi connectivity index (χ0n) is 19.9. The van der Waals surface area contributed by atoms with Crippen molar-refractivity contribution in [1.29, 1.82) is 0 Å². The van der Waals surface area contributed by atoms with E-state index in [1.165, 1.54) is 0 Å². The third-order valence-corrected chi connectivity index (χ3v) is 5.58. The molecule has 1 fully saturated rings. The van der Waals surface area contributed by atoms with Gasteiger partial charge in [-0.25, -0.2) is 9.59 Å². The van der Waals surface area contributed by atoms with Crippen molar-refractivity contribution in [2.75, 3.05) is 46.0 Å². The van der Waals surface area contributed by atoms with Gasteiger partial charge in [0.1, 0.15) is 0 Å². The van der Waals surface area contributed by atoms with Crippen molar-refractivity contribution in [2.24, 2.45) is 0 Å². The number of hydrogen-bond donors (Lipinski definition) is 1. The summed E-state index contributed by atoms with van der Waals surface area (Å²) in [6.45, 7) is 8.34. The Balaban J connectivity index is 1.65. The van der Waals surface area contributed by atoms with Crippen molar-refractivity contribution in [3.8, 4) is 11.5 Å². The Bertz CT molecular complexity index is 1130. The van der Waals surface area contributed by atoms with Gasteiger partial charge in [0.15, 0.2) is 11.5 Å². The Kier molecular flexibility index (Phi) is 8.55. The highest BCUT2D eigenvalue weighted by Gasteiger charge is 2.24. The van der Waals surface area contributed by atoms with E-state index >= 15 is 0 Å². The first kappa shape index (κ1) is 25.1. The first-order valence-corrected chi connectivity index (χ1v) is 11.7. The van der Waals surface area contributed by atoms with Crippen LogP contribution < -0.4 is 20.7 Å². The summed E-state index contributed by atoms with van der Waals surface area (Å²) in [4.78, 5) is 55.9. The summed E-state index contributed by atoms with van der Waals surface area (Å²) in [6.07, 6.45) is 0.155. The number of benzene rings is 1. The largest absolute Gasteiger partial charge is 0.490 e. The van der Waals surface area contributed by atoms with Crippen molar-refractivity contribution in [2.45, 2.75) is 40.2 Å². The molecule has 0 bridgehead atoms. The molecule has 11 nitrogen and oxygen atoms in total. The second-order valence-corrected chi connectivity index (χ2v) is 7.77. The second kappa shape index (κ2) is 11.6. The maximum Gasteiger partial charge on any atom is 0.409 e. The van der Waals surface area contributed by atoms with Crippen LogP contribution in [0.15, 0.2) is 21.7 Å². The highest BCUT2D eigenvalue weighted by molar-refractivity contribution is 5.81. The van der Waals surface area contributed by atoms with Gasteiger partial charge in [0, 0.05) is 45.2 Å². The first-order valence-electron chi connectivity index (χ1n) is 11.7. The molecule has 2 heterocycles. The van der Waals surface area contributed by atoms with Gasteiger partial charge >= 0.3 is 11.8 Å². The van der Waals surface area contributed by atoms with E-state index in [4.69, 9.17) is 14.2 Å². The molecule has 1 aromatic heterocycles. The zero-order chi connectivity index (χ0) is 24.7. The van der Waals surface area contributed by atoms with Crippen molar-refractivity contribution in [3.63, 3.8) is 0 Å². The third-order valence-electron chi connectivity index (χ3n) is 5.58. The number of rotatable bonds is 9. The molecule has 2 aromatic rings. The average molecular weight is 477 g/mol. The Morgan fingerprint density at radius 3 is 2.15 bits per heavy atom. The van der Waals surface area contributed by atoms with Crippen LogP contribution in [0.4, 0.5) is 4.79 Å². The Hall–Kier alpha value is -3.50. The Morgan fingerprint density at radius 1 is 0.912 bits per heavy atom. The second-order valence-electron chi connectivity index (χ2n) is 7.77. The minimum absolute atomic E-state index is 0.0752. The van der Waals surface area contributed by atoms with Gasteiger partial charge in [-0.15, -0.1) is 0 Å². The Morgan fingerprint density at radius 2 is 1.53 bits per heavy atom. The van der Waals surface area contributed by atoms with Crippen LogP contribution in [-0.4, -0.2) is 77.4 Å². The lowest BCUT2D eigenvalue weighted by Crippen LogP contribution is -2.50. The number of aromatic amines is 1. The highest BCUT2D eigenvalue weighted by atomic mass is 16.6. The molecule has 1 N–H and O–H groups in total. The lowest BCUT2D eigenvalue weighted by atomic mass is 10.2. The molecule has 2 amide bonds. The van der Waals surface area contributed by atoms with Crippen LogP contribution in [0.3, 0.4) is 0 Å². The summed E-state index contributed by atoms with van der Waals surface area (Å²) < 4.78 is 17.2. The number of H-pyrrole nitrogens is 1. The van der Waals surface area contributed by atoms with E-state index in [9.17, 15) is 19.2 Å². The molecule has 1 aliphatic heterocycles. The molecule has 1 aromatic carbocycles. The van der Waals surface area contributed by atoms with Gasteiger partial charge in [-0.2, -0.15) is 0 Å². The van der Waals surface area contributed by atoms with Crippen molar-refractivity contribution in [1.82, 2.24) is 19.4 Å². The topological polar surface area (TPSA) is 123 Å². The SMILES string of the molecule is CCOC(=O)N1CCN(C(=O)CCCn2c(=O)[nH]c3cc(OCC)c(OCC)cc3c2=O)CC1. The molecule has 0 radical (unpaired) electrons. The molecule has 0 saturated carbocycles. The Labute approximate surface area is 197 Å². The van der Waals surface area contributed by atoms with E-state index in [1.807, 2.05) is 13.8 Å². The van der Waals surface area contributed by atoms with Gasteiger partial charge in [0.25, 0.3) is 5.56 Å². The smallest absolute Gasteiger partial charge is 0.409 e. The standard InChI is InChI=1S/C23H32N4O7/c1-4-32-18-14-16-17(15-19(18)33-5-2)24-22(30)27(21(16)29)9-7-8-20(28)25-10-12-26(13-11-25)23(31)34-6-3/h14-15H,4-13H2,1-3H3,(H,24,30). The maximum atomic E-state index is 13.0. The molecule has 0 spiro atoms. The lowest BCUT2D eigenvalue weighted by Gasteiger charge is -2.34. The fourth-order valence-electron chi connectivity index (χ4n) is 3.90. The predicted molar refractivity (Wildman–Crippen MR) is 126 cm³/mol. The molecule has 34 heavy (non-hydrogen) atoms. The van der Waals surface area contributed by atoms with E-state index in [-0.39, 0.29) is 25.0 Å². The van der Waals surface area contributed by atoms with E-state index in [1.54, 1.807) is 28.9 Å². The number of carbonyl (C=O) groups is 2. The molecule has 11 heteroatoms. The van der Waals surface area contributed by atoms with E-state index < -0.39 is 11.2 Å². The molecule has 186 valence electrons. The fourth-order valence-corrected chi connectivity index (χ4v) is 3.90. The fraction of sp³-hybridized carbons (Fsp3) is 0.565. The summed E-state index contributed by atoms with van der Waals surface area (Å²) in [7, 11) is 0. The number of piperazine rings is 1. The van der Waals surface area contributed by atoms with E-state index in [2.05, 4.69) is 4.98 Å². The quantitative estimate of drug-likeness (QED) is 0.583. The van der Waals surface area contributed by atoms with E-state index in [0.717, 1.165) is 4.57 Å². The molecule has 1 saturated heterocycles. The molecule has 0 unspecified atom stereocenters. The maximum absolute atomic E-state index is 13.0. The van der Waals surface area contributed by atoms with Gasteiger partial charge in [0.05, 0.1) is 30.7 Å². The van der Waals surface area contributed by atoms with Gasteiger partial charge in [-0.05, 0) is 33.3 Å². The number of fused-ring (bicyclic) bond motifs is 1. The van der Waals surface area contributed by atoms with Crippen molar-refractivity contribution in [3.05, 3.63) is 33.0 Å². The average Bonchev–Trinajstić information content (AvgIpc) is 2.82. The summed E-state index contributed by atoms with van der Waals surface area (Å²) in [5, 5.41) is 0.313. The van der Waals surface area contributed by atoms with Crippen LogP contribution in [0, 0.1) is 0 Å². The number of nitrogens with one attached hydrogen (secondary N) is 1. The highest BCUT2D eigenvalue weighted by Crippen LogP contribution is 2.30. The van der Waals surface area contributed by atoms with Crippen LogP contribution in [0.1, 0.15) is 33.6 Å². The van der Waals surface area contributed by atoms with Gasteiger partial charge in [-0.3, -0.25) is 14.2 Å². The van der Waals surface area contributed by atoms with Crippen LogP contribution >= 0.6 is 0 Å². The number of carbonyl (C=O) groups excluding carboxylic acids is 2. The third kappa shape index (κ3) is 5.70. The van der Waals surface area contributed by atoms with E-state index in [0.29, 0.717) is 74.8 Å². The molecular formula is C23H32N4O7. The number of ether oxygens (including phenoxy) is 3. The molecule has 3 rings (SSSR count).